The van der Waals surface area contributed by atoms with Crippen molar-refractivity contribution in [3.63, 3.8) is 0 Å². The quantitative estimate of drug-likeness (QED) is 0.271. The molecule has 0 aromatic carbocycles. The number of piperazine rings is 1. The first-order valence-corrected chi connectivity index (χ1v) is 11.5. The highest BCUT2D eigenvalue weighted by atomic mass is 16.6. The van der Waals surface area contributed by atoms with Gasteiger partial charge < -0.3 is 19.3 Å². The van der Waals surface area contributed by atoms with Crippen LogP contribution in [-0.2, 0) is 9.47 Å². The maximum absolute atomic E-state index is 12.6. The van der Waals surface area contributed by atoms with E-state index in [0.29, 0.717) is 13.2 Å². The summed E-state index contributed by atoms with van der Waals surface area (Å²) in [5, 5.41) is 0. The van der Waals surface area contributed by atoms with Gasteiger partial charge in [-0.3, -0.25) is 4.99 Å². The number of carbonyl (C=O) groups is 1. The highest BCUT2D eigenvalue weighted by molar-refractivity contribution is 6.02. The van der Waals surface area contributed by atoms with Crippen LogP contribution in [0.2, 0.25) is 0 Å². The molecule has 0 saturated carbocycles. The van der Waals surface area contributed by atoms with Crippen molar-refractivity contribution in [2.45, 2.75) is 86.8 Å². The summed E-state index contributed by atoms with van der Waals surface area (Å²) in [7, 11) is 0. The molecule has 1 atom stereocenters. The van der Waals surface area contributed by atoms with E-state index in [9.17, 15) is 4.79 Å². The van der Waals surface area contributed by atoms with Gasteiger partial charge in [0.15, 0.2) is 0 Å². The van der Waals surface area contributed by atoms with E-state index in [1.54, 1.807) is 0 Å². The van der Waals surface area contributed by atoms with Crippen LogP contribution < -0.4 is 0 Å². The van der Waals surface area contributed by atoms with E-state index in [2.05, 4.69) is 37.6 Å². The van der Waals surface area contributed by atoms with Gasteiger partial charge in [-0.05, 0) is 67.4 Å². The van der Waals surface area contributed by atoms with Crippen molar-refractivity contribution in [1.29, 1.82) is 0 Å². The smallest absolute Gasteiger partial charge is 0.410 e. The number of rotatable bonds is 8. The summed E-state index contributed by atoms with van der Waals surface area (Å²) >= 11 is 0. The van der Waals surface area contributed by atoms with Crippen LogP contribution in [0.1, 0.15) is 75.2 Å². The van der Waals surface area contributed by atoms with Crippen molar-refractivity contribution in [3.05, 3.63) is 35.4 Å². The van der Waals surface area contributed by atoms with Gasteiger partial charge in [0.1, 0.15) is 11.4 Å². The fraction of sp³-hybridized carbons (Fsp3) is 0.680. The molecule has 0 spiro atoms. The Morgan fingerprint density at radius 3 is 2.39 bits per heavy atom. The Bertz CT molecular complexity index is 710. The summed E-state index contributed by atoms with van der Waals surface area (Å²) in [5.74, 6) is 0.854. The van der Waals surface area contributed by atoms with Crippen LogP contribution in [0.3, 0.4) is 0 Å². The summed E-state index contributed by atoms with van der Waals surface area (Å²) in [5.41, 5.74) is 2.57. The average Bonchev–Trinajstić information content (AvgIpc) is 2.69. The lowest BCUT2D eigenvalue weighted by Crippen LogP contribution is -2.54. The predicted molar refractivity (Wildman–Crippen MR) is 129 cm³/mol. The predicted octanol–water partition coefficient (Wildman–Crippen LogP) is 5.92. The van der Waals surface area contributed by atoms with Crippen LogP contribution in [0.4, 0.5) is 4.79 Å². The maximum atomic E-state index is 12.6. The standard InChI is InChI=1S/C25H43N3O3/c1-10-13-14-26-20(5)23(22(12-3)30-17-11-2)21(6)27-15-16-28(19(4)18-27)24(29)31-25(7,8)9/h12-14,19H,10-11,15-18H2,1-9H3/b14-13+,22-12+,23-21-,26-20-. The molecule has 1 unspecified atom stereocenters. The Kier molecular flexibility index (Phi) is 10.9. The van der Waals surface area contributed by atoms with E-state index in [0.717, 1.165) is 48.7 Å². The fourth-order valence-electron chi connectivity index (χ4n) is 3.48. The zero-order valence-corrected chi connectivity index (χ0v) is 21.1. The van der Waals surface area contributed by atoms with Gasteiger partial charge in [-0.15, -0.1) is 0 Å². The molecule has 1 rings (SSSR count). The molecule has 0 aromatic rings. The first kappa shape index (κ1) is 26.8. The normalized spacial score (nSPS) is 19.6. The van der Waals surface area contributed by atoms with Gasteiger partial charge in [-0.2, -0.15) is 0 Å². The monoisotopic (exact) mass is 433 g/mol. The number of ether oxygens (including phenoxy) is 2. The van der Waals surface area contributed by atoms with Crippen LogP contribution >= 0.6 is 0 Å². The van der Waals surface area contributed by atoms with E-state index >= 15 is 0 Å². The Morgan fingerprint density at radius 1 is 1.19 bits per heavy atom. The number of amides is 1. The third-order valence-electron chi connectivity index (χ3n) is 5.03. The van der Waals surface area contributed by atoms with Gasteiger partial charge in [-0.1, -0.05) is 19.9 Å². The van der Waals surface area contributed by atoms with Crippen molar-refractivity contribution in [3.8, 4) is 0 Å². The molecule has 176 valence electrons. The van der Waals surface area contributed by atoms with Crippen LogP contribution in [-0.4, -0.2) is 59.5 Å². The molecule has 0 aromatic heterocycles. The molecule has 1 amide bonds. The number of carbonyl (C=O) groups excluding carboxylic acids is 1. The van der Waals surface area contributed by atoms with Crippen molar-refractivity contribution in [2.75, 3.05) is 26.2 Å². The lowest BCUT2D eigenvalue weighted by molar-refractivity contribution is 0.00489. The third-order valence-corrected chi connectivity index (χ3v) is 5.03. The summed E-state index contributed by atoms with van der Waals surface area (Å²) in [6.45, 7) is 20.9. The molecule has 0 N–H and O–H groups in total. The van der Waals surface area contributed by atoms with Crippen molar-refractivity contribution >= 4 is 11.8 Å². The van der Waals surface area contributed by atoms with Gasteiger partial charge in [0, 0.05) is 43.3 Å². The summed E-state index contributed by atoms with van der Waals surface area (Å²) < 4.78 is 11.7. The number of hydrogen-bond donors (Lipinski definition) is 0. The summed E-state index contributed by atoms with van der Waals surface area (Å²) in [4.78, 5) is 21.4. The molecule has 31 heavy (non-hydrogen) atoms. The Balaban J connectivity index is 3.18. The first-order valence-electron chi connectivity index (χ1n) is 11.5. The van der Waals surface area contributed by atoms with Crippen LogP contribution in [0, 0.1) is 0 Å². The van der Waals surface area contributed by atoms with Crippen LogP contribution in [0.25, 0.3) is 0 Å². The minimum Gasteiger partial charge on any atom is -0.493 e. The SMILES string of the molecule is C\C=C(OCCC)/C(C(/C)=N\C=C\CC)=C(/C)N1CCN(C(=O)OC(C)(C)C)C(C)C1. The van der Waals surface area contributed by atoms with Crippen LogP contribution in [0.5, 0.6) is 0 Å². The lowest BCUT2D eigenvalue weighted by atomic mass is 10.0. The zero-order chi connectivity index (χ0) is 23.6. The molecule has 1 saturated heterocycles. The topological polar surface area (TPSA) is 54.4 Å². The van der Waals surface area contributed by atoms with Gasteiger partial charge in [0.25, 0.3) is 0 Å². The molecular formula is C25H43N3O3. The maximum Gasteiger partial charge on any atom is 0.410 e. The van der Waals surface area contributed by atoms with E-state index in [4.69, 9.17) is 9.47 Å². The van der Waals surface area contributed by atoms with E-state index in [1.807, 2.05) is 57.9 Å². The largest absolute Gasteiger partial charge is 0.493 e. The summed E-state index contributed by atoms with van der Waals surface area (Å²) in [6.07, 6.45) is 7.56. The van der Waals surface area contributed by atoms with Crippen molar-refractivity contribution in [2.24, 2.45) is 4.99 Å². The number of allylic oxidation sites excluding steroid dienone is 4. The molecule has 0 bridgehead atoms. The molecule has 1 fully saturated rings. The highest BCUT2D eigenvalue weighted by Crippen LogP contribution is 2.25. The molecular weight excluding hydrogens is 390 g/mol. The third kappa shape index (κ3) is 8.42. The molecule has 6 nitrogen and oxygen atoms in total. The number of nitrogens with zero attached hydrogens (tertiary/aromatic N) is 3. The number of hydrogen-bond acceptors (Lipinski definition) is 5. The average molecular weight is 434 g/mol. The lowest BCUT2D eigenvalue weighted by Gasteiger charge is -2.42. The van der Waals surface area contributed by atoms with Gasteiger partial charge in [-0.25, -0.2) is 4.79 Å². The Morgan fingerprint density at radius 2 is 1.87 bits per heavy atom. The van der Waals surface area contributed by atoms with E-state index in [-0.39, 0.29) is 12.1 Å². The zero-order valence-electron chi connectivity index (χ0n) is 21.1. The second-order valence-electron chi connectivity index (χ2n) is 8.94. The van der Waals surface area contributed by atoms with Gasteiger partial charge in [0.05, 0.1) is 12.2 Å². The fourth-order valence-corrected chi connectivity index (χ4v) is 3.48. The minimum absolute atomic E-state index is 0.0441. The molecule has 6 heteroatoms. The van der Waals surface area contributed by atoms with Gasteiger partial charge in [0.2, 0.25) is 0 Å². The van der Waals surface area contributed by atoms with Crippen LogP contribution in [0.15, 0.2) is 40.4 Å². The van der Waals surface area contributed by atoms with Crippen molar-refractivity contribution < 1.29 is 14.3 Å². The first-order chi connectivity index (χ1) is 14.6. The van der Waals surface area contributed by atoms with Gasteiger partial charge >= 0.3 is 6.09 Å². The molecule has 1 aliphatic rings. The Labute approximate surface area is 189 Å². The summed E-state index contributed by atoms with van der Waals surface area (Å²) in [6, 6.07) is 0.0441. The minimum atomic E-state index is -0.492. The molecule has 0 aliphatic carbocycles. The number of aliphatic imine (C=N–C) groups is 1. The Hall–Kier alpha value is -2.24. The highest BCUT2D eigenvalue weighted by Gasteiger charge is 2.32. The van der Waals surface area contributed by atoms with E-state index in [1.165, 1.54) is 0 Å². The van der Waals surface area contributed by atoms with Crippen molar-refractivity contribution in [1.82, 2.24) is 9.80 Å². The second-order valence-corrected chi connectivity index (χ2v) is 8.94. The second kappa shape index (κ2) is 12.6. The molecule has 1 aliphatic heterocycles. The molecule has 0 radical (unpaired) electrons. The molecule has 1 heterocycles. The van der Waals surface area contributed by atoms with E-state index < -0.39 is 5.60 Å².